The summed E-state index contributed by atoms with van der Waals surface area (Å²) in [6, 6.07) is 15.1. The van der Waals surface area contributed by atoms with Crippen LogP contribution < -0.4 is 4.74 Å². The minimum absolute atomic E-state index is 0.0374. The second-order valence-corrected chi connectivity index (χ2v) is 5.71. The molecule has 130 valence electrons. The summed E-state index contributed by atoms with van der Waals surface area (Å²) in [5.74, 6) is 0.917. The van der Waals surface area contributed by atoms with Gasteiger partial charge in [0.15, 0.2) is 0 Å². The van der Waals surface area contributed by atoms with Crippen molar-refractivity contribution in [1.29, 1.82) is 0 Å². The fourth-order valence-corrected chi connectivity index (χ4v) is 2.36. The van der Waals surface area contributed by atoms with Crippen LogP contribution in [0.1, 0.15) is 49.7 Å². The van der Waals surface area contributed by atoms with E-state index in [2.05, 4.69) is 31.0 Å². The summed E-state index contributed by atoms with van der Waals surface area (Å²) in [7, 11) is 0. The molecule has 0 saturated carbocycles. The maximum atomic E-state index is 10.9. The molecule has 1 aromatic heterocycles. The van der Waals surface area contributed by atoms with Crippen molar-refractivity contribution in [1.82, 2.24) is 4.98 Å². The van der Waals surface area contributed by atoms with Gasteiger partial charge in [0.2, 0.25) is 0 Å². The Balaban J connectivity index is 0.00000109. The highest BCUT2D eigenvalue weighted by atomic mass is 16.5. The average molecular weight is 337 g/mol. The number of benzene rings is 2. The van der Waals surface area contributed by atoms with Crippen molar-refractivity contribution < 1.29 is 14.6 Å². The van der Waals surface area contributed by atoms with Crippen molar-refractivity contribution in [2.24, 2.45) is 0 Å². The molecule has 0 atom stereocenters. The van der Waals surface area contributed by atoms with Crippen molar-refractivity contribution in [2.45, 2.75) is 33.6 Å². The molecule has 1 heterocycles. The van der Waals surface area contributed by atoms with Gasteiger partial charge in [-0.3, -0.25) is 0 Å². The first-order valence-corrected chi connectivity index (χ1v) is 8.44. The first-order valence-electron chi connectivity index (χ1n) is 8.44. The number of pyridine rings is 1. The third-order valence-electron chi connectivity index (χ3n) is 3.69. The number of fused-ring (bicyclic) bond motifs is 1. The number of hydrogen-bond donors (Lipinski definition) is 1. The van der Waals surface area contributed by atoms with E-state index >= 15 is 0 Å². The summed E-state index contributed by atoms with van der Waals surface area (Å²) in [6.07, 6.45) is 1.55. The standard InChI is InChI=1S/C19H17NO3.C2H6/c1-12(2)13-3-6-16(7-4-13)23-17-8-5-14-10-18(19(21)22)20-11-15(14)9-17;1-2/h3-12H,1-2H3,(H,21,22);1-2H3. The first-order chi connectivity index (χ1) is 12.0. The lowest BCUT2D eigenvalue weighted by molar-refractivity contribution is 0.0690. The number of aromatic nitrogens is 1. The summed E-state index contributed by atoms with van der Waals surface area (Å²) < 4.78 is 5.85. The zero-order valence-corrected chi connectivity index (χ0v) is 15.0. The van der Waals surface area contributed by atoms with Crippen LogP contribution in [-0.4, -0.2) is 16.1 Å². The van der Waals surface area contributed by atoms with Gasteiger partial charge < -0.3 is 9.84 Å². The molecule has 0 aliphatic rings. The van der Waals surface area contributed by atoms with Gasteiger partial charge in [0.05, 0.1) is 0 Å². The highest BCUT2D eigenvalue weighted by molar-refractivity contribution is 5.92. The molecule has 2 aromatic carbocycles. The lowest BCUT2D eigenvalue weighted by Gasteiger charge is -2.09. The van der Waals surface area contributed by atoms with E-state index in [-0.39, 0.29) is 5.69 Å². The van der Waals surface area contributed by atoms with Gasteiger partial charge >= 0.3 is 5.97 Å². The zero-order chi connectivity index (χ0) is 18.4. The summed E-state index contributed by atoms with van der Waals surface area (Å²) in [6.45, 7) is 8.30. The minimum Gasteiger partial charge on any atom is -0.477 e. The van der Waals surface area contributed by atoms with E-state index < -0.39 is 5.97 Å². The van der Waals surface area contributed by atoms with Crippen molar-refractivity contribution in [3.63, 3.8) is 0 Å². The van der Waals surface area contributed by atoms with Gasteiger partial charge in [-0.2, -0.15) is 0 Å². The van der Waals surface area contributed by atoms with Crippen molar-refractivity contribution in [2.75, 3.05) is 0 Å². The number of rotatable bonds is 4. The molecule has 25 heavy (non-hydrogen) atoms. The molecule has 0 bridgehead atoms. The maximum Gasteiger partial charge on any atom is 0.354 e. The molecule has 0 saturated heterocycles. The quantitative estimate of drug-likeness (QED) is 0.646. The largest absolute Gasteiger partial charge is 0.477 e. The van der Waals surface area contributed by atoms with Gasteiger partial charge in [-0.1, -0.05) is 45.9 Å². The van der Waals surface area contributed by atoms with Gasteiger partial charge in [0.1, 0.15) is 17.2 Å². The minimum atomic E-state index is -1.03. The van der Waals surface area contributed by atoms with E-state index in [0.29, 0.717) is 11.7 Å². The molecule has 0 unspecified atom stereocenters. The van der Waals surface area contributed by atoms with Crippen molar-refractivity contribution in [3.05, 3.63) is 66.0 Å². The fraction of sp³-hybridized carbons (Fsp3) is 0.238. The molecule has 0 aliphatic heterocycles. The van der Waals surface area contributed by atoms with E-state index in [9.17, 15) is 4.79 Å². The summed E-state index contributed by atoms with van der Waals surface area (Å²) in [4.78, 5) is 14.9. The van der Waals surface area contributed by atoms with Crippen LogP contribution in [0.2, 0.25) is 0 Å². The Morgan fingerprint density at radius 3 is 2.20 bits per heavy atom. The monoisotopic (exact) mass is 337 g/mol. The number of ether oxygens (including phenoxy) is 1. The van der Waals surface area contributed by atoms with E-state index in [1.165, 1.54) is 5.56 Å². The van der Waals surface area contributed by atoms with Crippen molar-refractivity contribution >= 4 is 16.7 Å². The molecule has 0 fully saturated rings. The molecule has 3 aromatic rings. The molecule has 1 N–H and O–H groups in total. The van der Waals surface area contributed by atoms with Crippen LogP contribution >= 0.6 is 0 Å². The summed E-state index contributed by atoms with van der Waals surface area (Å²) >= 11 is 0. The van der Waals surface area contributed by atoms with Crippen LogP contribution in [0.5, 0.6) is 11.5 Å². The number of carboxylic acid groups (broad SMARTS) is 1. The van der Waals surface area contributed by atoms with Crippen LogP contribution in [0.25, 0.3) is 10.8 Å². The molecule has 0 radical (unpaired) electrons. The number of carboxylic acids is 1. The Labute approximate surface area is 148 Å². The molecule has 4 nitrogen and oxygen atoms in total. The Morgan fingerprint density at radius 1 is 0.960 bits per heavy atom. The average Bonchev–Trinajstić information content (AvgIpc) is 2.63. The molecule has 0 aliphatic carbocycles. The van der Waals surface area contributed by atoms with Crippen molar-refractivity contribution in [3.8, 4) is 11.5 Å². The number of nitrogens with zero attached hydrogens (tertiary/aromatic N) is 1. The summed E-state index contributed by atoms with van der Waals surface area (Å²) in [5.41, 5.74) is 1.30. The van der Waals surface area contributed by atoms with Crippen LogP contribution in [0.15, 0.2) is 54.7 Å². The molecule has 4 heteroatoms. The second-order valence-electron chi connectivity index (χ2n) is 5.71. The zero-order valence-electron chi connectivity index (χ0n) is 15.0. The van der Waals surface area contributed by atoms with Gasteiger partial charge in [0.25, 0.3) is 0 Å². The number of hydrogen-bond acceptors (Lipinski definition) is 3. The third kappa shape index (κ3) is 4.57. The Bertz CT molecular complexity index is 855. The molecule has 0 amide bonds. The normalized spacial score (nSPS) is 10.3. The molecular formula is C21H23NO3. The van der Waals surface area contributed by atoms with Gasteiger partial charge in [-0.25, -0.2) is 9.78 Å². The van der Waals surface area contributed by atoms with Crippen LogP contribution in [0.3, 0.4) is 0 Å². The SMILES string of the molecule is CC.CC(C)c1ccc(Oc2ccc3cc(C(=O)O)ncc3c2)cc1. The smallest absolute Gasteiger partial charge is 0.354 e. The lowest BCUT2D eigenvalue weighted by atomic mass is 10.0. The Kier molecular flexibility index (Phi) is 6.12. The molecule has 3 rings (SSSR count). The number of carbonyl (C=O) groups is 1. The summed E-state index contributed by atoms with van der Waals surface area (Å²) in [5, 5.41) is 10.6. The fourth-order valence-electron chi connectivity index (χ4n) is 2.36. The predicted octanol–water partition coefficient (Wildman–Crippen LogP) is 5.87. The maximum absolute atomic E-state index is 10.9. The Hall–Kier alpha value is -2.88. The second kappa shape index (κ2) is 8.29. The first kappa shape index (κ1) is 18.5. The number of aromatic carboxylic acids is 1. The Morgan fingerprint density at radius 2 is 1.60 bits per heavy atom. The van der Waals surface area contributed by atoms with Crippen LogP contribution in [0.4, 0.5) is 0 Å². The van der Waals surface area contributed by atoms with E-state index in [1.54, 1.807) is 12.3 Å². The highest BCUT2D eigenvalue weighted by Gasteiger charge is 2.07. The van der Waals surface area contributed by atoms with Crippen LogP contribution in [0, 0.1) is 0 Å². The van der Waals surface area contributed by atoms with E-state index in [4.69, 9.17) is 9.84 Å². The van der Waals surface area contributed by atoms with Crippen LogP contribution in [-0.2, 0) is 0 Å². The van der Waals surface area contributed by atoms with Gasteiger partial charge in [-0.05, 0) is 47.2 Å². The lowest BCUT2D eigenvalue weighted by Crippen LogP contribution is -1.99. The third-order valence-corrected chi connectivity index (χ3v) is 3.69. The predicted molar refractivity (Wildman–Crippen MR) is 101 cm³/mol. The van der Waals surface area contributed by atoms with E-state index in [0.717, 1.165) is 16.5 Å². The highest BCUT2D eigenvalue weighted by Crippen LogP contribution is 2.27. The topological polar surface area (TPSA) is 59.4 Å². The van der Waals surface area contributed by atoms with E-state index in [1.807, 2.05) is 44.2 Å². The van der Waals surface area contributed by atoms with Gasteiger partial charge in [-0.15, -0.1) is 0 Å². The molecule has 0 spiro atoms. The van der Waals surface area contributed by atoms with Gasteiger partial charge in [0, 0.05) is 11.6 Å². The molecular weight excluding hydrogens is 314 g/mol.